The number of nitrogens with zero attached hydrogens (tertiary/aromatic N) is 3. The molecule has 1 aliphatic rings. The van der Waals surface area contributed by atoms with Crippen LogP contribution in [0.25, 0.3) is 0 Å². The van der Waals surface area contributed by atoms with Crippen molar-refractivity contribution in [2.45, 2.75) is 32.2 Å². The summed E-state index contributed by atoms with van der Waals surface area (Å²) in [7, 11) is 3.53. The zero-order valence-corrected chi connectivity index (χ0v) is 13.0. The van der Waals surface area contributed by atoms with Crippen LogP contribution in [-0.2, 0) is 9.59 Å². The first-order chi connectivity index (χ1) is 9.45. The molecule has 1 rings (SSSR count). The quantitative estimate of drug-likeness (QED) is 0.755. The van der Waals surface area contributed by atoms with E-state index < -0.39 is 0 Å². The van der Waals surface area contributed by atoms with Gasteiger partial charge in [0.05, 0.1) is 12.6 Å². The number of rotatable bonds is 5. The van der Waals surface area contributed by atoms with Crippen LogP contribution >= 0.6 is 0 Å². The van der Waals surface area contributed by atoms with E-state index in [0.29, 0.717) is 13.1 Å². The van der Waals surface area contributed by atoms with Crippen LogP contribution in [0.1, 0.15) is 26.2 Å². The van der Waals surface area contributed by atoms with Gasteiger partial charge in [-0.3, -0.25) is 14.5 Å². The summed E-state index contributed by atoms with van der Waals surface area (Å²) in [5.74, 6) is 0.153. The first-order valence-corrected chi connectivity index (χ1v) is 7.42. The Labute approximate surface area is 121 Å². The van der Waals surface area contributed by atoms with Gasteiger partial charge in [-0.1, -0.05) is 13.3 Å². The van der Waals surface area contributed by atoms with Gasteiger partial charge in [-0.15, -0.1) is 0 Å². The van der Waals surface area contributed by atoms with Gasteiger partial charge in [-0.25, -0.2) is 0 Å². The van der Waals surface area contributed by atoms with Gasteiger partial charge in [0.2, 0.25) is 11.8 Å². The Morgan fingerprint density at radius 3 is 2.50 bits per heavy atom. The first-order valence-electron chi connectivity index (χ1n) is 7.42. The third kappa shape index (κ3) is 5.09. The summed E-state index contributed by atoms with van der Waals surface area (Å²) in [6.07, 6.45) is 2.55. The molecule has 1 aliphatic heterocycles. The standard InChI is InChI=1S/C14H28N4O2/c1-4-6-12(15)14(20)18-8-5-7-17(9-10-18)11-13(19)16(2)3/h12H,4-11,15H2,1-3H3/t12-/m1/s1. The number of carbonyl (C=O) groups is 2. The highest BCUT2D eigenvalue weighted by molar-refractivity contribution is 5.81. The average molecular weight is 284 g/mol. The van der Waals surface area contributed by atoms with Crippen molar-refractivity contribution in [1.82, 2.24) is 14.7 Å². The van der Waals surface area contributed by atoms with Gasteiger partial charge in [0.25, 0.3) is 0 Å². The molecule has 20 heavy (non-hydrogen) atoms. The molecule has 1 fully saturated rings. The number of carbonyl (C=O) groups excluding carboxylic acids is 2. The van der Waals surface area contributed by atoms with Crippen molar-refractivity contribution in [1.29, 1.82) is 0 Å². The van der Waals surface area contributed by atoms with Crippen LogP contribution in [-0.4, -0.2) is 79.4 Å². The highest BCUT2D eigenvalue weighted by Crippen LogP contribution is 2.07. The lowest BCUT2D eigenvalue weighted by Gasteiger charge is -2.24. The van der Waals surface area contributed by atoms with Crippen LogP contribution in [0, 0.1) is 0 Å². The highest BCUT2D eigenvalue weighted by atomic mass is 16.2. The van der Waals surface area contributed by atoms with Gasteiger partial charge < -0.3 is 15.5 Å². The van der Waals surface area contributed by atoms with Gasteiger partial charge in [0, 0.05) is 40.3 Å². The van der Waals surface area contributed by atoms with Gasteiger partial charge in [-0.05, 0) is 12.8 Å². The van der Waals surface area contributed by atoms with E-state index in [1.165, 1.54) is 0 Å². The number of nitrogens with two attached hydrogens (primary N) is 1. The van der Waals surface area contributed by atoms with Gasteiger partial charge >= 0.3 is 0 Å². The highest BCUT2D eigenvalue weighted by Gasteiger charge is 2.24. The molecule has 6 nitrogen and oxygen atoms in total. The van der Waals surface area contributed by atoms with Crippen LogP contribution in [0.2, 0.25) is 0 Å². The van der Waals surface area contributed by atoms with Gasteiger partial charge in [-0.2, -0.15) is 0 Å². The van der Waals surface area contributed by atoms with E-state index in [1.54, 1.807) is 19.0 Å². The smallest absolute Gasteiger partial charge is 0.239 e. The van der Waals surface area contributed by atoms with Crippen LogP contribution in [0.4, 0.5) is 0 Å². The van der Waals surface area contributed by atoms with E-state index in [1.807, 2.05) is 11.8 Å². The predicted octanol–water partition coefficient (Wildman–Crippen LogP) is -0.264. The maximum absolute atomic E-state index is 12.2. The topological polar surface area (TPSA) is 69.9 Å². The maximum atomic E-state index is 12.2. The Hall–Kier alpha value is -1.14. The molecule has 2 N–H and O–H groups in total. The number of likely N-dealkylation sites (N-methyl/N-ethyl adjacent to an activating group) is 1. The summed E-state index contributed by atoms with van der Waals surface area (Å²) in [5, 5.41) is 0. The zero-order chi connectivity index (χ0) is 15.1. The number of hydrogen-bond donors (Lipinski definition) is 1. The number of hydrogen-bond acceptors (Lipinski definition) is 4. The molecule has 0 spiro atoms. The predicted molar refractivity (Wildman–Crippen MR) is 79.2 cm³/mol. The van der Waals surface area contributed by atoms with Crippen LogP contribution in [0.15, 0.2) is 0 Å². The van der Waals surface area contributed by atoms with Crippen molar-refractivity contribution in [3.05, 3.63) is 0 Å². The second-order valence-corrected chi connectivity index (χ2v) is 5.64. The fourth-order valence-corrected chi connectivity index (χ4v) is 2.35. The third-order valence-corrected chi connectivity index (χ3v) is 3.67. The molecule has 0 saturated carbocycles. The van der Waals surface area contributed by atoms with E-state index in [0.717, 1.165) is 38.9 Å². The summed E-state index contributed by atoms with van der Waals surface area (Å²) >= 11 is 0. The minimum Gasteiger partial charge on any atom is -0.348 e. The molecule has 1 saturated heterocycles. The van der Waals surface area contributed by atoms with Crippen molar-refractivity contribution < 1.29 is 9.59 Å². The Morgan fingerprint density at radius 2 is 1.90 bits per heavy atom. The molecule has 0 aromatic carbocycles. The molecule has 0 aromatic heterocycles. The Morgan fingerprint density at radius 1 is 1.20 bits per heavy atom. The molecule has 6 heteroatoms. The van der Waals surface area contributed by atoms with Gasteiger partial charge in [0.1, 0.15) is 0 Å². The Kier molecular flexibility index (Phi) is 6.95. The lowest BCUT2D eigenvalue weighted by atomic mass is 10.1. The van der Waals surface area contributed by atoms with Gasteiger partial charge in [0.15, 0.2) is 0 Å². The fraction of sp³-hybridized carbons (Fsp3) is 0.857. The van der Waals surface area contributed by atoms with Crippen LogP contribution in [0.3, 0.4) is 0 Å². The van der Waals surface area contributed by atoms with Crippen LogP contribution < -0.4 is 5.73 Å². The fourth-order valence-electron chi connectivity index (χ4n) is 2.35. The zero-order valence-electron chi connectivity index (χ0n) is 13.0. The van der Waals surface area contributed by atoms with E-state index in [4.69, 9.17) is 5.73 Å². The molecular formula is C14H28N4O2. The lowest BCUT2D eigenvalue weighted by Crippen LogP contribution is -2.45. The van der Waals surface area contributed by atoms with E-state index >= 15 is 0 Å². The monoisotopic (exact) mass is 284 g/mol. The molecule has 0 radical (unpaired) electrons. The second kappa shape index (κ2) is 8.21. The minimum absolute atomic E-state index is 0.0487. The van der Waals surface area contributed by atoms with E-state index in [-0.39, 0.29) is 17.9 Å². The second-order valence-electron chi connectivity index (χ2n) is 5.64. The third-order valence-electron chi connectivity index (χ3n) is 3.67. The molecule has 0 aromatic rings. The lowest BCUT2D eigenvalue weighted by molar-refractivity contribution is -0.132. The molecule has 0 unspecified atom stereocenters. The van der Waals surface area contributed by atoms with Crippen molar-refractivity contribution in [2.24, 2.45) is 5.73 Å². The molecule has 1 atom stereocenters. The largest absolute Gasteiger partial charge is 0.348 e. The molecule has 0 bridgehead atoms. The molecule has 1 heterocycles. The van der Waals surface area contributed by atoms with E-state index in [2.05, 4.69) is 4.90 Å². The first kappa shape index (κ1) is 16.9. The maximum Gasteiger partial charge on any atom is 0.239 e. The van der Waals surface area contributed by atoms with E-state index in [9.17, 15) is 9.59 Å². The molecular weight excluding hydrogens is 256 g/mol. The van der Waals surface area contributed by atoms with Crippen molar-refractivity contribution >= 4 is 11.8 Å². The molecule has 2 amide bonds. The van der Waals surface area contributed by atoms with Crippen molar-refractivity contribution in [2.75, 3.05) is 46.8 Å². The minimum atomic E-state index is -0.380. The Bertz CT molecular complexity index is 333. The summed E-state index contributed by atoms with van der Waals surface area (Å²) < 4.78 is 0. The van der Waals surface area contributed by atoms with Crippen molar-refractivity contribution in [3.63, 3.8) is 0 Å². The number of amides is 2. The molecule has 116 valence electrons. The normalized spacial score (nSPS) is 18.5. The molecule has 0 aliphatic carbocycles. The summed E-state index contributed by atoms with van der Waals surface area (Å²) in [5.41, 5.74) is 5.90. The Balaban J connectivity index is 2.46. The summed E-state index contributed by atoms with van der Waals surface area (Å²) in [6, 6.07) is -0.380. The average Bonchev–Trinajstić information content (AvgIpc) is 2.63. The summed E-state index contributed by atoms with van der Waals surface area (Å²) in [6.45, 7) is 5.45. The van der Waals surface area contributed by atoms with Crippen LogP contribution in [0.5, 0.6) is 0 Å². The summed E-state index contributed by atoms with van der Waals surface area (Å²) in [4.78, 5) is 29.5. The SMILES string of the molecule is CCC[C@@H](N)C(=O)N1CCCN(CC(=O)N(C)C)CC1. The van der Waals surface area contributed by atoms with Crippen molar-refractivity contribution in [3.8, 4) is 0 Å².